The van der Waals surface area contributed by atoms with E-state index >= 15 is 0 Å². The van der Waals surface area contributed by atoms with Crippen LogP contribution in [0.3, 0.4) is 0 Å². The van der Waals surface area contributed by atoms with E-state index in [0.717, 1.165) is 28.8 Å². The molecule has 0 saturated heterocycles. The molecule has 5 rings (SSSR count). The van der Waals surface area contributed by atoms with Gasteiger partial charge in [-0.05, 0) is 66.4 Å². The smallest absolute Gasteiger partial charge is 0.416 e. The predicted octanol–water partition coefficient (Wildman–Crippen LogP) is 6.40. The number of carbonyl (C=O) groups is 1. The van der Waals surface area contributed by atoms with Crippen molar-refractivity contribution in [2.45, 2.75) is 32.0 Å². The zero-order valence-corrected chi connectivity index (χ0v) is 21.7. The summed E-state index contributed by atoms with van der Waals surface area (Å²) in [6.07, 6.45) is -3.80. The fourth-order valence-corrected chi connectivity index (χ4v) is 4.97. The molecule has 39 heavy (non-hydrogen) atoms. The van der Waals surface area contributed by atoms with Gasteiger partial charge in [-0.1, -0.05) is 30.3 Å². The third-order valence-electron chi connectivity index (χ3n) is 6.98. The Labute approximate surface area is 224 Å². The van der Waals surface area contributed by atoms with Crippen molar-refractivity contribution in [1.29, 1.82) is 0 Å². The zero-order valence-electron chi connectivity index (χ0n) is 21.7. The number of oxazole rings is 1. The molecule has 202 valence electrons. The molecule has 1 aromatic heterocycles. The summed E-state index contributed by atoms with van der Waals surface area (Å²) in [5, 5.41) is 0. The second-order valence-electron chi connectivity index (χ2n) is 9.33. The molecule has 2 heterocycles. The summed E-state index contributed by atoms with van der Waals surface area (Å²) in [7, 11) is 3.17. The molecule has 6 nitrogen and oxygen atoms in total. The van der Waals surface area contributed by atoms with Crippen molar-refractivity contribution in [3.63, 3.8) is 0 Å². The Kier molecular flexibility index (Phi) is 7.08. The second-order valence-corrected chi connectivity index (χ2v) is 9.33. The van der Waals surface area contributed by atoms with E-state index in [1.54, 1.807) is 21.1 Å². The summed E-state index contributed by atoms with van der Waals surface area (Å²) in [6, 6.07) is 17.9. The Balaban J connectivity index is 1.45. The lowest BCUT2D eigenvalue weighted by molar-refractivity contribution is -0.137. The van der Waals surface area contributed by atoms with E-state index in [1.807, 2.05) is 47.4 Å². The SMILES string of the molecule is COc1cc2c(cc1OC)[C@@H](c1ccccc1)N(C(=O)Cc1nc(-c3ccc(C(F)(F)F)cc3)oc1C)CC2. The van der Waals surface area contributed by atoms with Gasteiger partial charge < -0.3 is 18.8 Å². The number of nitrogens with zero attached hydrogens (tertiary/aromatic N) is 2. The van der Waals surface area contributed by atoms with E-state index in [-0.39, 0.29) is 24.3 Å². The number of halogens is 3. The average molecular weight is 537 g/mol. The molecule has 0 fully saturated rings. The van der Waals surface area contributed by atoms with Gasteiger partial charge in [0.1, 0.15) is 5.76 Å². The molecule has 0 N–H and O–H groups in total. The summed E-state index contributed by atoms with van der Waals surface area (Å²) in [5.41, 5.74) is 3.09. The fraction of sp³-hybridized carbons (Fsp3) is 0.267. The Hall–Kier alpha value is -4.27. The van der Waals surface area contributed by atoms with Gasteiger partial charge in [-0.15, -0.1) is 0 Å². The molecule has 0 radical (unpaired) electrons. The lowest BCUT2D eigenvalue weighted by atomic mass is 9.87. The number of benzene rings is 3. The van der Waals surface area contributed by atoms with Crippen molar-refractivity contribution in [2.75, 3.05) is 20.8 Å². The van der Waals surface area contributed by atoms with Crippen molar-refractivity contribution < 1.29 is 31.9 Å². The number of carbonyl (C=O) groups excluding carboxylic acids is 1. The molecule has 1 amide bonds. The van der Waals surface area contributed by atoms with E-state index in [0.29, 0.717) is 41.5 Å². The number of amides is 1. The molecule has 0 aliphatic carbocycles. The molecule has 0 saturated carbocycles. The van der Waals surface area contributed by atoms with Crippen molar-refractivity contribution >= 4 is 5.91 Å². The third kappa shape index (κ3) is 5.21. The minimum Gasteiger partial charge on any atom is -0.493 e. The van der Waals surface area contributed by atoms with E-state index in [2.05, 4.69) is 4.98 Å². The van der Waals surface area contributed by atoms with Crippen LogP contribution in [0.2, 0.25) is 0 Å². The number of hydrogen-bond acceptors (Lipinski definition) is 5. The maximum Gasteiger partial charge on any atom is 0.416 e. The first-order valence-electron chi connectivity index (χ1n) is 12.4. The summed E-state index contributed by atoms with van der Waals surface area (Å²) in [5.74, 6) is 1.69. The number of fused-ring (bicyclic) bond motifs is 1. The maximum atomic E-state index is 13.8. The van der Waals surface area contributed by atoms with Gasteiger partial charge in [0.15, 0.2) is 11.5 Å². The lowest BCUT2D eigenvalue weighted by Crippen LogP contribution is -2.41. The van der Waals surface area contributed by atoms with Gasteiger partial charge in [-0.3, -0.25) is 4.79 Å². The van der Waals surface area contributed by atoms with Gasteiger partial charge in [0.25, 0.3) is 0 Å². The maximum absolute atomic E-state index is 13.8. The van der Waals surface area contributed by atoms with Crippen LogP contribution in [0, 0.1) is 6.92 Å². The number of ether oxygens (including phenoxy) is 2. The number of aromatic nitrogens is 1. The predicted molar refractivity (Wildman–Crippen MR) is 139 cm³/mol. The molecule has 1 aliphatic heterocycles. The summed E-state index contributed by atoms with van der Waals surface area (Å²) in [6.45, 7) is 2.18. The minimum atomic E-state index is -4.43. The normalized spacial score (nSPS) is 15.1. The highest BCUT2D eigenvalue weighted by atomic mass is 19.4. The number of methoxy groups -OCH3 is 2. The monoisotopic (exact) mass is 536 g/mol. The van der Waals surface area contributed by atoms with E-state index < -0.39 is 11.7 Å². The molecule has 3 aromatic carbocycles. The van der Waals surface area contributed by atoms with Crippen LogP contribution >= 0.6 is 0 Å². The average Bonchev–Trinajstić information content (AvgIpc) is 3.31. The van der Waals surface area contributed by atoms with Crippen LogP contribution in [-0.4, -0.2) is 36.6 Å². The van der Waals surface area contributed by atoms with Gasteiger partial charge in [-0.2, -0.15) is 13.2 Å². The highest BCUT2D eigenvalue weighted by Crippen LogP contribution is 2.41. The van der Waals surface area contributed by atoms with E-state index in [4.69, 9.17) is 13.9 Å². The van der Waals surface area contributed by atoms with Crippen molar-refractivity contribution in [1.82, 2.24) is 9.88 Å². The second kappa shape index (κ2) is 10.5. The van der Waals surface area contributed by atoms with Gasteiger partial charge >= 0.3 is 6.18 Å². The van der Waals surface area contributed by atoms with Gasteiger partial charge in [0.2, 0.25) is 11.8 Å². The van der Waals surface area contributed by atoms with Crippen LogP contribution in [-0.2, 0) is 23.8 Å². The largest absolute Gasteiger partial charge is 0.493 e. The van der Waals surface area contributed by atoms with Crippen LogP contribution < -0.4 is 9.47 Å². The number of hydrogen-bond donors (Lipinski definition) is 0. The fourth-order valence-electron chi connectivity index (χ4n) is 4.97. The van der Waals surface area contributed by atoms with Crippen LogP contribution in [0.4, 0.5) is 13.2 Å². The number of aryl methyl sites for hydroxylation is 1. The van der Waals surface area contributed by atoms with Crippen molar-refractivity contribution in [3.05, 3.63) is 100 Å². The van der Waals surface area contributed by atoms with Gasteiger partial charge in [-0.25, -0.2) is 4.98 Å². The van der Waals surface area contributed by atoms with Crippen molar-refractivity contribution in [3.8, 4) is 23.0 Å². The molecule has 0 unspecified atom stereocenters. The first kappa shape index (κ1) is 26.3. The van der Waals surface area contributed by atoms with Gasteiger partial charge in [0, 0.05) is 12.1 Å². The first-order valence-corrected chi connectivity index (χ1v) is 12.4. The highest BCUT2D eigenvalue weighted by Gasteiger charge is 2.34. The molecule has 1 atom stereocenters. The van der Waals surface area contributed by atoms with Crippen LogP contribution in [0.15, 0.2) is 71.1 Å². The third-order valence-corrected chi connectivity index (χ3v) is 6.98. The van der Waals surface area contributed by atoms with Crippen LogP contribution in [0.1, 0.15) is 39.7 Å². The van der Waals surface area contributed by atoms with Crippen LogP contribution in [0.5, 0.6) is 11.5 Å². The lowest BCUT2D eigenvalue weighted by Gasteiger charge is -2.38. The molecule has 0 spiro atoms. The molecule has 9 heteroatoms. The van der Waals surface area contributed by atoms with E-state index in [1.165, 1.54) is 12.1 Å². The molecule has 4 aromatic rings. The van der Waals surface area contributed by atoms with Gasteiger partial charge in [0.05, 0.1) is 37.9 Å². The zero-order chi connectivity index (χ0) is 27.7. The van der Waals surface area contributed by atoms with Crippen molar-refractivity contribution in [2.24, 2.45) is 0 Å². The minimum absolute atomic E-state index is 0.0120. The Bertz CT molecular complexity index is 1480. The number of rotatable bonds is 6. The molecule has 0 bridgehead atoms. The van der Waals surface area contributed by atoms with E-state index in [9.17, 15) is 18.0 Å². The topological polar surface area (TPSA) is 64.8 Å². The number of alkyl halides is 3. The molecular weight excluding hydrogens is 509 g/mol. The highest BCUT2D eigenvalue weighted by molar-refractivity contribution is 5.80. The summed E-state index contributed by atoms with van der Waals surface area (Å²) >= 11 is 0. The Morgan fingerprint density at radius 3 is 2.33 bits per heavy atom. The quantitative estimate of drug-likeness (QED) is 0.285. The Morgan fingerprint density at radius 1 is 1.03 bits per heavy atom. The Morgan fingerprint density at radius 2 is 1.69 bits per heavy atom. The molecular formula is C30H27F3N2O4. The summed E-state index contributed by atoms with van der Waals surface area (Å²) in [4.78, 5) is 20.1. The summed E-state index contributed by atoms with van der Waals surface area (Å²) < 4.78 is 55.6. The molecule has 1 aliphatic rings. The van der Waals surface area contributed by atoms with Crippen LogP contribution in [0.25, 0.3) is 11.5 Å². The first-order chi connectivity index (χ1) is 18.7. The standard InChI is InChI=1S/C30H27F3N2O4/c1-18-24(34-29(39-18)20-9-11-22(12-10-20)30(31,32)33)17-27(36)35-14-13-21-15-25(37-2)26(38-3)16-23(21)28(35)19-7-5-4-6-8-19/h4-12,15-16,28H,13-14,17H2,1-3H3/t28-/m1/s1.